The van der Waals surface area contributed by atoms with Crippen LogP contribution in [0.4, 0.5) is 0 Å². The van der Waals surface area contributed by atoms with Gasteiger partial charge >= 0.3 is 0 Å². The number of nitrogens with zero attached hydrogens (tertiary/aromatic N) is 1. The van der Waals surface area contributed by atoms with Crippen molar-refractivity contribution in [2.24, 2.45) is 0 Å². The van der Waals surface area contributed by atoms with E-state index in [2.05, 4.69) is 18.2 Å². The molecule has 126 valence electrons. The SMILES string of the molecule is CCOc1ccc(OCC(=O)N(C)C2CCc3ccccc32)cc1. The van der Waals surface area contributed by atoms with Crippen LogP contribution in [0.5, 0.6) is 11.5 Å². The Hall–Kier alpha value is -2.49. The molecule has 1 aliphatic rings. The Bertz CT molecular complexity index is 696. The van der Waals surface area contributed by atoms with Gasteiger partial charge in [-0.25, -0.2) is 0 Å². The Labute approximate surface area is 143 Å². The molecule has 4 heteroatoms. The molecule has 4 nitrogen and oxygen atoms in total. The van der Waals surface area contributed by atoms with Crippen molar-refractivity contribution in [1.29, 1.82) is 0 Å². The van der Waals surface area contributed by atoms with Crippen LogP contribution < -0.4 is 9.47 Å². The minimum atomic E-state index is -0.00872. The van der Waals surface area contributed by atoms with E-state index < -0.39 is 0 Å². The standard InChI is InChI=1S/C20H23NO3/c1-3-23-16-9-11-17(12-10-16)24-14-20(22)21(2)19-13-8-15-6-4-5-7-18(15)19/h4-7,9-12,19H,3,8,13-14H2,1-2H3. The molecule has 1 amide bonds. The zero-order chi connectivity index (χ0) is 16.9. The highest BCUT2D eigenvalue weighted by atomic mass is 16.5. The lowest BCUT2D eigenvalue weighted by Gasteiger charge is -2.25. The third kappa shape index (κ3) is 3.53. The molecule has 3 rings (SSSR count). The fourth-order valence-electron chi connectivity index (χ4n) is 3.16. The van der Waals surface area contributed by atoms with Crippen LogP contribution in [0.1, 0.15) is 30.5 Å². The molecule has 0 saturated carbocycles. The van der Waals surface area contributed by atoms with E-state index in [1.54, 1.807) is 4.90 Å². The predicted octanol–water partition coefficient (Wildman–Crippen LogP) is 3.61. The summed E-state index contributed by atoms with van der Waals surface area (Å²) in [5.74, 6) is 1.47. The summed E-state index contributed by atoms with van der Waals surface area (Å²) in [7, 11) is 1.86. The van der Waals surface area contributed by atoms with E-state index in [-0.39, 0.29) is 18.6 Å². The molecule has 0 spiro atoms. The number of ether oxygens (including phenoxy) is 2. The number of rotatable bonds is 6. The van der Waals surface area contributed by atoms with Gasteiger partial charge in [0.05, 0.1) is 12.6 Å². The summed E-state index contributed by atoms with van der Waals surface area (Å²) < 4.78 is 11.0. The van der Waals surface area contributed by atoms with E-state index in [1.165, 1.54) is 11.1 Å². The van der Waals surface area contributed by atoms with Crippen LogP contribution in [0.2, 0.25) is 0 Å². The maximum Gasteiger partial charge on any atom is 0.260 e. The first-order valence-electron chi connectivity index (χ1n) is 8.38. The Balaban J connectivity index is 1.57. The van der Waals surface area contributed by atoms with Gasteiger partial charge < -0.3 is 14.4 Å². The summed E-state index contributed by atoms with van der Waals surface area (Å²) in [6.45, 7) is 2.62. The van der Waals surface area contributed by atoms with Crippen molar-refractivity contribution in [3.63, 3.8) is 0 Å². The zero-order valence-electron chi connectivity index (χ0n) is 14.2. The Morgan fingerprint density at radius 3 is 2.46 bits per heavy atom. The maximum absolute atomic E-state index is 12.5. The van der Waals surface area contributed by atoms with Gasteiger partial charge in [0, 0.05) is 7.05 Å². The smallest absolute Gasteiger partial charge is 0.260 e. The minimum Gasteiger partial charge on any atom is -0.494 e. The molecule has 0 aliphatic heterocycles. The summed E-state index contributed by atoms with van der Waals surface area (Å²) >= 11 is 0. The Morgan fingerprint density at radius 1 is 1.08 bits per heavy atom. The summed E-state index contributed by atoms with van der Waals surface area (Å²) in [5, 5.41) is 0. The first-order chi connectivity index (χ1) is 11.7. The number of amides is 1. The number of benzene rings is 2. The zero-order valence-corrected chi connectivity index (χ0v) is 14.2. The van der Waals surface area contributed by atoms with Gasteiger partial charge in [0.25, 0.3) is 5.91 Å². The van der Waals surface area contributed by atoms with Crippen LogP contribution in [0.25, 0.3) is 0 Å². The Kier molecular flexibility index (Phi) is 5.04. The average Bonchev–Trinajstić information content (AvgIpc) is 3.04. The Morgan fingerprint density at radius 2 is 1.75 bits per heavy atom. The predicted molar refractivity (Wildman–Crippen MR) is 93.4 cm³/mol. The number of carbonyl (C=O) groups excluding carboxylic acids is 1. The summed E-state index contributed by atoms with van der Waals surface area (Å²) in [5.41, 5.74) is 2.60. The van der Waals surface area contributed by atoms with Crippen molar-refractivity contribution >= 4 is 5.91 Å². The first kappa shape index (κ1) is 16.4. The van der Waals surface area contributed by atoms with Crippen LogP contribution in [0, 0.1) is 0 Å². The van der Waals surface area contributed by atoms with E-state index in [0.717, 1.165) is 18.6 Å². The van der Waals surface area contributed by atoms with Crippen molar-refractivity contribution in [1.82, 2.24) is 4.90 Å². The highest BCUT2D eigenvalue weighted by molar-refractivity contribution is 5.78. The third-order valence-corrected chi connectivity index (χ3v) is 4.46. The van der Waals surface area contributed by atoms with Crippen LogP contribution in [0.15, 0.2) is 48.5 Å². The lowest BCUT2D eigenvalue weighted by Crippen LogP contribution is -2.34. The average molecular weight is 325 g/mol. The monoisotopic (exact) mass is 325 g/mol. The van der Waals surface area contributed by atoms with E-state index in [1.807, 2.05) is 44.3 Å². The second-order valence-electron chi connectivity index (χ2n) is 5.95. The molecule has 24 heavy (non-hydrogen) atoms. The lowest BCUT2D eigenvalue weighted by molar-refractivity contribution is -0.134. The van der Waals surface area contributed by atoms with Gasteiger partial charge in [-0.2, -0.15) is 0 Å². The van der Waals surface area contributed by atoms with Gasteiger partial charge in [-0.15, -0.1) is 0 Å². The number of fused-ring (bicyclic) bond motifs is 1. The lowest BCUT2D eigenvalue weighted by atomic mass is 10.1. The largest absolute Gasteiger partial charge is 0.494 e. The normalized spacial score (nSPS) is 15.7. The molecule has 0 fully saturated rings. The molecule has 0 radical (unpaired) electrons. The van der Waals surface area contributed by atoms with Gasteiger partial charge in [0.2, 0.25) is 0 Å². The fraction of sp³-hybridized carbons (Fsp3) is 0.350. The quantitative estimate of drug-likeness (QED) is 0.814. The summed E-state index contributed by atoms with van der Waals surface area (Å²) in [6.07, 6.45) is 2.00. The second-order valence-corrected chi connectivity index (χ2v) is 5.95. The molecular formula is C20H23NO3. The van der Waals surface area contributed by atoms with Crippen LogP contribution in [-0.4, -0.2) is 31.1 Å². The second kappa shape index (κ2) is 7.39. The van der Waals surface area contributed by atoms with E-state index in [0.29, 0.717) is 12.4 Å². The number of hydrogen-bond donors (Lipinski definition) is 0. The van der Waals surface area contributed by atoms with E-state index in [9.17, 15) is 4.79 Å². The molecule has 0 saturated heterocycles. The maximum atomic E-state index is 12.5. The highest BCUT2D eigenvalue weighted by Crippen LogP contribution is 2.34. The van der Waals surface area contributed by atoms with Crippen molar-refractivity contribution < 1.29 is 14.3 Å². The van der Waals surface area contributed by atoms with E-state index in [4.69, 9.17) is 9.47 Å². The first-order valence-corrected chi connectivity index (χ1v) is 8.38. The van der Waals surface area contributed by atoms with Crippen molar-refractivity contribution in [2.75, 3.05) is 20.3 Å². The number of aryl methyl sites for hydroxylation is 1. The topological polar surface area (TPSA) is 38.8 Å². The van der Waals surface area contributed by atoms with Gasteiger partial charge in [-0.1, -0.05) is 24.3 Å². The fourth-order valence-corrected chi connectivity index (χ4v) is 3.16. The van der Waals surface area contributed by atoms with Gasteiger partial charge in [-0.3, -0.25) is 4.79 Å². The van der Waals surface area contributed by atoms with Gasteiger partial charge in [-0.05, 0) is 55.2 Å². The highest BCUT2D eigenvalue weighted by Gasteiger charge is 2.28. The van der Waals surface area contributed by atoms with Gasteiger partial charge in [0.15, 0.2) is 6.61 Å². The van der Waals surface area contributed by atoms with E-state index >= 15 is 0 Å². The molecule has 2 aromatic rings. The van der Waals surface area contributed by atoms with Crippen LogP contribution >= 0.6 is 0 Å². The molecule has 0 bridgehead atoms. The molecule has 1 aliphatic carbocycles. The van der Waals surface area contributed by atoms with Crippen molar-refractivity contribution in [3.8, 4) is 11.5 Å². The van der Waals surface area contributed by atoms with Crippen molar-refractivity contribution in [3.05, 3.63) is 59.7 Å². The molecular weight excluding hydrogens is 302 g/mol. The summed E-state index contributed by atoms with van der Waals surface area (Å²) in [6, 6.07) is 15.8. The molecule has 1 atom stereocenters. The van der Waals surface area contributed by atoms with Gasteiger partial charge in [0.1, 0.15) is 11.5 Å². The number of carbonyl (C=O) groups is 1. The minimum absolute atomic E-state index is 0.00872. The number of likely N-dealkylation sites (N-methyl/N-ethyl adjacent to an activating group) is 1. The van der Waals surface area contributed by atoms with Crippen molar-refractivity contribution in [2.45, 2.75) is 25.8 Å². The van der Waals surface area contributed by atoms with Crippen LogP contribution in [0.3, 0.4) is 0 Å². The molecule has 0 N–H and O–H groups in total. The molecule has 0 aromatic heterocycles. The summed E-state index contributed by atoms with van der Waals surface area (Å²) in [4.78, 5) is 14.3. The number of hydrogen-bond acceptors (Lipinski definition) is 3. The molecule has 0 heterocycles. The third-order valence-electron chi connectivity index (χ3n) is 4.46. The molecule has 2 aromatic carbocycles. The van der Waals surface area contributed by atoms with Crippen LogP contribution in [-0.2, 0) is 11.2 Å². The molecule has 1 unspecified atom stereocenters.